The lowest BCUT2D eigenvalue weighted by Crippen LogP contribution is -2.23. The Morgan fingerprint density at radius 3 is 2.55 bits per heavy atom. The molecule has 1 aromatic carbocycles. The fourth-order valence-corrected chi connectivity index (χ4v) is 3.60. The van der Waals surface area contributed by atoms with Gasteiger partial charge in [0.05, 0.1) is 29.8 Å². The molecule has 4 aromatic rings. The summed E-state index contributed by atoms with van der Waals surface area (Å²) in [4.78, 5) is 26.2. The SMILES string of the molecule is Cc1ccc(-c2cc(C(=O)NCc3cnc(C)cn3)cc3c2ccn3CC(C)C)nc1. The van der Waals surface area contributed by atoms with E-state index in [2.05, 4.69) is 50.9 Å². The minimum absolute atomic E-state index is 0.144. The minimum Gasteiger partial charge on any atom is -0.347 e. The zero-order valence-corrected chi connectivity index (χ0v) is 18.4. The van der Waals surface area contributed by atoms with Gasteiger partial charge in [-0.3, -0.25) is 19.7 Å². The molecule has 6 heteroatoms. The molecule has 0 aliphatic rings. The number of aromatic nitrogens is 4. The number of carbonyl (C=O) groups is 1. The normalized spacial score (nSPS) is 11.3. The predicted octanol–water partition coefficient (Wildman–Crippen LogP) is 4.70. The smallest absolute Gasteiger partial charge is 0.251 e. The molecule has 3 aromatic heterocycles. The monoisotopic (exact) mass is 413 g/mol. The molecule has 1 N–H and O–H groups in total. The molecule has 0 aliphatic carbocycles. The first-order valence-corrected chi connectivity index (χ1v) is 10.5. The Balaban J connectivity index is 1.72. The standard InChI is InChI=1S/C25H27N5O/c1-16(2)15-30-8-7-21-22(23-6-5-17(3)11-28-23)9-19(10-24(21)30)25(31)29-14-20-13-26-18(4)12-27-20/h5-13,16H,14-15H2,1-4H3,(H,29,31). The van der Waals surface area contributed by atoms with E-state index in [1.165, 1.54) is 0 Å². The molecule has 3 heterocycles. The largest absolute Gasteiger partial charge is 0.347 e. The van der Waals surface area contributed by atoms with Crippen molar-refractivity contribution < 1.29 is 4.79 Å². The van der Waals surface area contributed by atoms with Crippen LogP contribution in [0, 0.1) is 19.8 Å². The number of amides is 1. The molecule has 4 rings (SSSR count). The van der Waals surface area contributed by atoms with Gasteiger partial charge in [0.15, 0.2) is 0 Å². The third-order valence-corrected chi connectivity index (χ3v) is 5.16. The number of hydrogen-bond donors (Lipinski definition) is 1. The first-order chi connectivity index (χ1) is 14.9. The summed E-state index contributed by atoms with van der Waals surface area (Å²) in [5.41, 5.74) is 6.13. The van der Waals surface area contributed by atoms with Crippen LogP contribution in [-0.2, 0) is 13.1 Å². The summed E-state index contributed by atoms with van der Waals surface area (Å²) in [6.07, 6.45) is 7.34. The second kappa shape index (κ2) is 8.68. The van der Waals surface area contributed by atoms with Crippen molar-refractivity contribution in [3.63, 3.8) is 0 Å². The lowest BCUT2D eigenvalue weighted by Gasteiger charge is -2.12. The Morgan fingerprint density at radius 1 is 1.03 bits per heavy atom. The number of benzene rings is 1. The number of hydrogen-bond acceptors (Lipinski definition) is 4. The van der Waals surface area contributed by atoms with E-state index in [4.69, 9.17) is 0 Å². The number of aryl methyl sites for hydroxylation is 2. The number of pyridine rings is 1. The third-order valence-electron chi connectivity index (χ3n) is 5.16. The molecule has 0 saturated carbocycles. The van der Waals surface area contributed by atoms with Gasteiger partial charge in [-0.05, 0) is 49.6 Å². The fraction of sp³-hybridized carbons (Fsp3) is 0.280. The average molecular weight is 414 g/mol. The van der Waals surface area contributed by atoms with Crippen LogP contribution in [0.4, 0.5) is 0 Å². The van der Waals surface area contributed by atoms with Crippen molar-refractivity contribution in [1.82, 2.24) is 24.8 Å². The van der Waals surface area contributed by atoms with Gasteiger partial charge >= 0.3 is 0 Å². The lowest BCUT2D eigenvalue weighted by atomic mass is 10.0. The summed E-state index contributed by atoms with van der Waals surface area (Å²) in [7, 11) is 0. The van der Waals surface area contributed by atoms with Gasteiger partial charge in [0.25, 0.3) is 5.91 Å². The summed E-state index contributed by atoms with van der Waals surface area (Å²) in [5.74, 6) is 0.351. The van der Waals surface area contributed by atoms with Gasteiger partial charge in [-0.15, -0.1) is 0 Å². The second-order valence-electron chi connectivity index (χ2n) is 8.37. The Labute approximate surface area is 182 Å². The number of nitrogens with zero attached hydrogens (tertiary/aromatic N) is 4. The van der Waals surface area contributed by atoms with Gasteiger partial charge < -0.3 is 9.88 Å². The maximum atomic E-state index is 13.0. The van der Waals surface area contributed by atoms with E-state index >= 15 is 0 Å². The molecule has 0 saturated heterocycles. The Bertz CT molecular complexity index is 1210. The van der Waals surface area contributed by atoms with Crippen molar-refractivity contribution in [3.8, 4) is 11.3 Å². The zero-order valence-electron chi connectivity index (χ0n) is 18.4. The van der Waals surface area contributed by atoms with Crippen LogP contribution >= 0.6 is 0 Å². The van der Waals surface area contributed by atoms with Crippen LogP contribution in [0.1, 0.15) is 41.2 Å². The zero-order chi connectivity index (χ0) is 22.0. The summed E-state index contributed by atoms with van der Waals surface area (Å²) >= 11 is 0. The summed E-state index contributed by atoms with van der Waals surface area (Å²) in [6.45, 7) is 9.49. The van der Waals surface area contributed by atoms with Crippen LogP contribution in [0.25, 0.3) is 22.2 Å². The molecular weight excluding hydrogens is 386 g/mol. The summed E-state index contributed by atoms with van der Waals surface area (Å²) in [5, 5.41) is 4.06. The van der Waals surface area contributed by atoms with Gasteiger partial charge in [0.1, 0.15) is 0 Å². The molecule has 0 atom stereocenters. The van der Waals surface area contributed by atoms with Crippen LogP contribution in [0.15, 0.2) is 55.1 Å². The van der Waals surface area contributed by atoms with E-state index in [1.54, 1.807) is 12.4 Å². The fourth-order valence-electron chi connectivity index (χ4n) is 3.60. The van der Waals surface area contributed by atoms with Gasteiger partial charge in [-0.25, -0.2) is 0 Å². The number of carbonyl (C=O) groups excluding carboxylic acids is 1. The Kier molecular flexibility index (Phi) is 5.80. The molecule has 158 valence electrons. The highest BCUT2D eigenvalue weighted by molar-refractivity contribution is 6.03. The number of rotatable bonds is 6. The molecule has 0 aliphatic heterocycles. The van der Waals surface area contributed by atoms with Crippen molar-refractivity contribution in [3.05, 3.63) is 77.6 Å². The Morgan fingerprint density at radius 2 is 1.87 bits per heavy atom. The van der Waals surface area contributed by atoms with Crippen LogP contribution in [0.3, 0.4) is 0 Å². The number of nitrogens with one attached hydrogen (secondary N) is 1. The van der Waals surface area contributed by atoms with Crippen molar-refractivity contribution in [2.45, 2.75) is 40.8 Å². The number of fused-ring (bicyclic) bond motifs is 1. The quantitative estimate of drug-likeness (QED) is 0.497. The van der Waals surface area contributed by atoms with E-state index in [0.29, 0.717) is 18.0 Å². The molecule has 0 fully saturated rings. The summed E-state index contributed by atoms with van der Waals surface area (Å²) in [6, 6.07) is 10.1. The first kappa shape index (κ1) is 20.7. The van der Waals surface area contributed by atoms with Crippen LogP contribution in [0.2, 0.25) is 0 Å². The van der Waals surface area contributed by atoms with E-state index in [-0.39, 0.29) is 5.91 Å². The van der Waals surface area contributed by atoms with E-state index in [0.717, 1.165) is 45.7 Å². The highest BCUT2D eigenvalue weighted by atomic mass is 16.1. The maximum absolute atomic E-state index is 13.0. The predicted molar refractivity (Wildman–Crippen MR) is 123 cm³/mol. The molecule has 6 nitrogen and oxygen atoms in total. The molecule has 0 radical (unpaired) electrons. The second-order valence-corrected chi connectivity index (χ2v) is 8.37. The molecule has 31 heavy (non-hydrogen) atoms. The summed E-state index contributed by atoms with van der Waals surface area (Å²) < 4.78 is 2.21. The Hall–Kier alpha value is -3.54. The molecule has 0 bridgehead atoms. The van der Waals surface area contributed by atoms with Gasteiger partial charge in [-0.2, -0.15) is 0 Å². The van der Waals surface area contributed by atoms with Crippen LogP contribution in [0.5, 0.6) is 0 Å². The first-order valence-electron chi connectivity index (χ1n) is 10.5. The topological polar surface area (TPSA) is 72.7 Å². The van der Waals surface area contributed by atoms with Crippen molar-refractivity contribution in [2.75, 3.05) is 0 Å². The highest BCUT2D eigenvalue weighted by Crippen LogP contribution is 2.30. The van der Waals surface area contributed by atoms with Crippen molar-refractivity contribution in [1.29, 1.82) is 0 Å². The lowest BCUT2D eigenvalue weighted by molar-refractivity contribution is 0.0950. The van der Waals surface area contributed by atoms with Crippen LogP contribution in [-0.4, -0.2) is 25.4 Å². The molecule has 0 unspecified atom stereocenters. The average Bonchev–Trinajstić information content (AvgIpc) is 3.15. The molecule has 1 amide bonds. The van der Waals surface area contributed by atoms with E-state index in [9.17, 15) is 4.79 Å². The van der Waals surface area contributed by atoms with E-state index < -0.39 is 0 Å². The van der Waals surface area contributed by atoms with Crippen LogP contribution < -0.4 is 5.32 Å². The van der Waals surface area contributed by atoms with E-state index in [1.807, 2.05) is 44.3 Å². The van der Waals surface area contributed by atoms with Gasteiger partial charge in [-0.1, -0.05) is 19.9 Å². The van der Waals surface area contributed by atoms with Gasteiger partial charge in [0.2, 0.25) is 0 Å². The molecular formula is C25H27N5O. The minimum atomic E-state index is -0.144. The van der Waals surface area contributed by atoms with Crippen molar-refractivity contribution >= 4 is 16.8 Å². The van der Waals surface area contributed by atoms with Gasteiger partial charge in [0, 0.05) is 47.2 Å². The maximum Gasteiger partial charge on any atom is 0.251 e. The van der Waals surface area contributed by atoms with Crippen molar-refractivity contribution in [2.24, 2.45) is 5.92 Å². The third kappa shape index (κ3) is 4.63. The highest BCUT2D eigenvalue weighted by Gasteiger charge is 2.15. The molecule has 0 spiro atoms.